The summed E-state index contributed by atoms with van der Waals surface area (Å²) in [5, 5.41) is 0. The summed E-state index contributed by atoms with van der Waals surface area (Å²) in [6, 6.07) is 5.95. The number of sulfonamides is 1. The van der Waals surface area contributed by atoms with E-state index in [1.165, 1.54) is 32.4 Å². The number of ether oxygens (including phenoxy) is 2. The number of hydrogen-bond donors (Lipinski definition) is 1. The molecule has 0 aliphatic heterocycles. The molecule has 0 aliphatic rings. The zero-order valence-electron chi connectivity index (χ0n) is 11.8. The van der Waals surface area contributed by atoms with E-state index in [0.29, 0.717) is 0 Å². The Morgan fingerprint density at radius 2 is 1.90 bits per heavy atom. The Morgan fingerprint density at radius 3 is 2.52 bits per heavy atom. The SMILES string of the molecule is COC(=O)CCCS(=O)(=O)Nc1cccc(C(=O)OC)c1. The zero-order chi connectivity index (χ0) is 15.9. The van der Waals surface area contributed by atoms with Crippen molar-refractivity contribution >= 4 is 27.6 Å². The van der Waals surface area contributed by atoms with Gasteiger partial charge in [-0.3, -0.25) is 9.52 Å². The highest BCUT2D eigenvalue weighted by Gasteiger charge is 2.13. The van der Waals surface area contributed by atoms with Gasteiger partial charge in [0.05, 0.1) is 25.5 Å². The molecule has 8 heteroatoms. The van der Waals surface area contributed by atoms with Crippen LogP contribution in [0, 0.1) is 0 Å². The van der Waals surface area contributed by atoms with E-state index in [0.717, 1.165) is 0 Å². The van der Waals surface area contributed by atoms with Gasteiger partial charge in [0.25, 0.3) is 0 Å². The van der Waals surface area contributed by atoms with Gasteiger partial charge in [0.15, 0.2) is 0 Å². The standard InChI is InChI=1S/C13H17NO6S/c1-19-12(15)7-4-8-21(17,18)14-11-6-3-5-10(9-11)13(16)20-2/h3,5-6,9,14H,4,7-8H2,1-2H3. The third-order valence-corrected chi connectivity index (χ3v) is 3.95. The maximum atomic E-state index is 11.8. The number of carbonyl (C=O) groups excluding carboxylic acids is 2. The molecule has 0 fully saturated rings. The van der Waals surface area contributed by atoms with E-state index in [-0.39, 0.29) is 29.8 Å². The van der Waals surface area contributed by atoms with E-state index in [9.17, 15) is 18.0 Å². The maximum absolute atomic E-state index is 11.8. The lowest BCUT2D eigenvalue weighted by Crippen LogP contribution is -2.18. The first kappa shape index (κ1) is 17.0. The van der Waals surface area contributed by atoms with Crippen molar-refractivity contribution in [1.29, 1.82) is 0 Å². The van der Waals surface area contributed by atoms with Crippen LogP contribution in [0.25, 0.3) is 0 Å². The van der Waals surface area contributed by atoms with Crippen LogP contribution in [0.3, 0.4) is 0 Å². The Labute approximate surface area is 123 Å². The third-order valence-electron chi connectivity index (χ3n) is 2.58. The number of nitrogens with one attached hydrogen (secondary N) is 1. The van der Waals surface area contributed by atoms with Crippen LogP contribution in [0.2, 0.25) is 0 Å². The molecule has 0 radical (unpaired) electrons. The van der Waals surface area contributed by atoms with Crippen molar-refractivity contribution in [2.75, 3.05) is 24.7 Å². The number of carbonyl (C=O) groups is 2. The highest BCUT2D eigenvalue weighted by Crippen LogP contribution is 2.14. The first-order chi connectivity index (χ1) is 9.88. The summed E-state index contributed by atoms with van der Waals surface area (Å²) in [6.45, 7) is 0. The van der Waals surface area contributed by atoms with Gasteiger partial charge in [-0.1, -0.05) is 6.07 Å². The number of methoxy groups -OCH3 is 2. The number of hydrogen-bond acceptors (Lipinski definition) is 6. The van der Waals surface area contributed by atoms with Crippen LogP contribution in [0.1, 0.15) is 23.2 Å². The molecule has 21 heavy (non-hydrogen) atoms. The van der Waals surface area contributed by atoms with Gasteiger partial charge in [-0.05, 0) is 24.6 Å². The summed E-state index contributed by atoms with van der Waals surface area (Å²) in [7, 11) is -1.11. The molecule has 0 saturated carbocycles. The van der Waals surface area contributed by atoms with Crippen molar-refractivity contribution in [3.05, 3.63) is 29.8 Å². The quantitative estimate of drug-likeness (QED) is 0.758. The number of benzene rings is 1. The van der Waals surface area contributed by atoms with E-state index in [2.05, 4.69) is 14.2 Å². The smallest absolute Gasteiger partial charge is 0.337 e. The zero-order valence-corrected chi connectivity index (χ0v) is 12.6. The van der Waals surface area contributed by atoms with Crippen molar-refractivity contribution in [2.45, 2.75) is 12.8 Å². The Morgan fingerprint density at radius 1 is 1.19 bits per heavy atom. The van der Waals surface area contributed by atoms with Crippen LogP contribution in [0.15, 0.2) is 24.3 Å². The van der Waals surface area contributed by atoms with Crippen molar-refractivity contribution < 1.29 is 27.5 Å². The summed E-state index contributed by atoms with van der Waals surface area (Å²) in [4.78, 5) is 22.3. The van der Waals surface area contributed by atoms with Gasteiger partial charge in [-0.2, -0.15) is 0 Å². The van der Waals surface area contributed by atoms with Gasteiger partial charge < -0.3 is 9.47 Å². The molecule has 0 aliphatic carbocycles. The third kappa shape index (κ3) is 5.82. The van der Waals surface area contributed by atoms with E-state index in [1.807, 2.05) is 0 Å². The molecule has 7 nitrogen and oxygen atoms in total. The lowest BCUT2D eigenvalue weighted by atomic mass is 10.2. The molecule has 116 valence electrons. The highest BCUT2D eigenvalue weighted by molar-refractivity contribution is 7.92. The lowest BCUT2D eigenvalue weighted by Gasteiger charge is -2.08. The van der Waals surface area contributed by atoms with Gasteiger partial charge in [-0.15, -0.1) is 0 Å². The Kier molecular flexibility index (Phi) is 6.16. The Hall–Kier alpha value is -2.09. The molecule has 0 aromatic heterocycles. The average Bonchev–Trinajstić information content (AvgIpc) is 2.45. The van der Waals surface area contributed by atoms with Gasteiger partial charge in [0.2, 0.25) is 10.0 Å². The highest BCUT2D eigenvalue weighted by atomic mass is 32.2. The fraction of sp³-hybridized carbons (Fsp3) is 0.385. The second-order valence-corrected chi connectivity index (χ2v) is 6.01. The summed E-state index contributed by atoms with van der Waals surface area (Å²) >= 11 is 0. The first-order valence-electron chi connectivity index (χ1n) is 6.13. The number of esters is 2. The molecule has 0 unspecified atom stereocenters. The van der Waals surface area contributed by atoms with Gasteiger partial charge in [0.1, 0.15) is 0 Å². The monoisotopic (exact) mass is 315 g/mol. The fourth-order valence-corrected chi connectivity index (χ4v) is 2.68. The van der Waals surface area contributed by atoms with Crippen molar-refractivity contribution in [1.82, 2.24) is 0 Å². The van der Waals surface area contributed by atoms with Crippen LogP contribution in [-0.2, 0) is 24.3 Å². The Bertz CT molecular complexity index is 611. The molecule has 1 rings (SSSR count). The lowest BCUT2D eigenvalue weighted by molar-refractivity contribution is -0.140. The molecule has 0 heterocycles. The van der Waals surface area contributed by atoms with Crippen LogP contribution in [0.5, 0.6) is 0 Å². The minimum absolute atomic E-state index is 0.0274. The molecule has 1 N–H and O–H groups in total. The number of rotatable bonds is 7. The molecule has 0 spiro atoms. The van der Waals surface area contributed by atoms with Crippen LogP contribution >= 0.6 is 0 Å². The van der Waals surface area contributed by atoms with Crippen LogP contribution in [0.4, 0.5) is 5.69 Å². The minimum atomic E-state index is -3.60. The summed E-state index contributed by atoms with van der Waals surface area (Å²) in [5.41, 5.74) is 0.503. The average molecular weight is 315 g/mol. The Balaban J connectivity index is 2.67. The summed E-state index contributed by atoms with van der Waals surface area (Å²) in [6.07, 6.45) is 0.179. The van der Waals surface area contributed by atoms with Crippen molar-refractivity contribution in [3.63, 3.8) is 0 Å². The summed E-state index contributed by atoms with van der Waals surface area (Å²) in [5.74, 6) is -1.23. The second-order valence-electron chi connectivity index (χ2n) is 4.17. The van der Waals surface area contributed by atoms with E-state index >= 15 is 0 Å². The molecular formula is C13H17NO6S. The van der Waals surface area contributed by atoms with E-state index in [1.54, 1.807) is 6.07 Å². The van der Waals surface area contributed by atoms with Crippen LogP contribution < -0.4 is 4.72 Å². The largest absolute Gasteiger partial charge is 0.469 e. The predicted octanol–water partition coefficient (Wildman–Crippen LogP) is 1.17. The van der Waals surface area contributed by atoms with Gasteiger partial charge in [0, 0.05) is 12.1 Å². The van der Waals surface area contributed by atoms with Gasteiger partial charge in [-0.25, -0.2) is 13.2 Å². The topological polar surface area (TPSA) is 98.8 Å². The normalized spacial score (nSPS) is 10.8. The van der Waals surface area contributed by atoms with E-state index in [4.69, 9.17) is 0 Å². The van der Waals surface area contributed by atoms with Gasteiger partial charge >= 0.3 is 11.9 Å². The predicted molar refractivity (Wildman–Crippen MR) is 76.4 cm³/mol. The van der Waals surface area contributed by atoms with Crippen LogP contribution in [-0.4, -0.2) is 40.3 Å². The molecule has 0 bridgehead atoms. The van der Waals surface area contributed by atoms with E-state index < -0.39 is 22.0 Å². The molecule has 1 aromatic carbocycles. The maximum Gasteiger partial charge on any atom is 0.337 e. The molecule has 0 atom stereocenters. The second kappa shape index (κ2) is 7.63. The van der Waals surface area contributed by atoms with Crippen molar-refractivity contribution in [2.24, 2.45) is 0 Å². The molecular weight excluding hydrogens is 298 g/mol. The first-order valence-corrected chi connectivity index (χ1v) is 7.79. The number of anilines is 1. The molecule has 1 aromatic rings. The molecule has 0 saturated heterocycles. The van der Waals surface area contributed by atoms with Crippen molar-refractivity contribution in [3.8, 4) is 0 Å². The molecule has 0 amide bonds. The summed E-state index contributed by atoms with van der Waals surface area (Å²) < 4.78 is 35.0. The minimum Gasteiger partial charge on any atom is -0.469 e. The fourth-order valence-electron chi connectivity index (χ4n) is 1.57.